The van der Waals surface area contributed by atoms with Gasteiger partial charge in [-0.15, -0.1) is 5.10 Å². The summed E-state index contributed by atoms with van der Waals surface area (Å²) in [5.41, 5.74) is 0.957. The first kappa shape index (κ1) is 11.2. The summed E-state index contributed by atoms with van der Waals surface area (Å²) >= 11 is 0. The quantitative estimate of drug-likeness (QED) is 0.875. The molecule has 18 heavy (non-hydrogen) atoms. The number of aromatic nitrogens is 4. The summed E-state index contributed by atoms with van der Waals surface area (Å²) < 4.78 is 0. The van der Waals surface area contributed by atoms with E-state index in [4.69, 9.17) is 0 Å². The van der Waals surface area contributed by atoms with Gasteiger partial charge in [-0.25, -0.2) is 4.98 Å². The second kappa shape index (κ2) is 4.76. The summed E-state index contributed by atoms with van der Waals surface area (Å²) in [4.78, 5) is 9.87. The SMILES string of the molecule is Cc1ccc(N2CCCC(c3ncc[nH]3)C2)nn1. The molecule has 1 atom stereocenters. The molecule has 1 saturated heterocycles. The summed E-state index contributed by atoms with van der Waals surface area (Å²) in [5, 5.41) is 8.39. The van der Waals surface area contributed by atoms with Crippen molar-refractivity contribution in [3.05, 3.63) is 36.0 Å². The van der Waals surface area contributed by atoms with Gasteiger partial charge in [-0.1, -0.05) is 0 Å². The lowest BCUT2D eigenvalue weighted by atomic mass is 9.97. The fraction of sp³-hybridized carbons (Fsp3) is 0.462. The minimum absolute atomic E-state index is 0.469. The van der Waals surface area contributed by atoms with Crippen LogP contribution in [0.5, 0.6) is 0 Å². The van der Waals surface area contributed by atoms with Crippen LogP contribution in [-0.2, 0) is 0 Å². The van der Waals surface area contributed by atoms with Crippen LogP contribution in [0.2, 0.25) is 0 Å². The van der Waals surface area contributed by atoms with E-state index < -0.39 is 0 Å². The fourth-order valence-corrected chi connectivity index (χ4v) is 2.47. The molecule has 0 spiro atoms. The van der Waals surface area contributed by atoms with Crippen molar-refractivity contribution in [3.8, 4) is 0 Å². The molecule has 2 aromatic heterocycles. The summed E-state index contributed by atoms with van der Waals surface area (Å²) in [6.07, 6.45) is 6.06. The predicted octanol–water partition coefficient (Wildman–Crippen LogP) is 1.89. The Morgan fingerprint density at radius 1 is 1.33 bits per heavy atom. The van der Waals surface area contributed by atoms with Gasteiger partial charge in [0.1, 0.15) is 5.82 Å². The molecule has 0 radical (unpaired) electrons. The number of imidazole rings is 1. The Kier molecular flexibility index (Phi) is 2.96. The Morgan fingerprint density at radius 3 is 3.00 bits per heavy atom. The van der Waals surface area contributed by atoms with Gasteiger partial charge in [0, 0.05) is 31.4 Å². The maximum atomic E-state index is 4.36. The molecule has 2 aromatic rings. The number of hydrogen-bond acceptors (Lipinski definition) is 4. The van der Waals surface area contributed by atoms with E-state index in [1.807, 2.05) is 31.5 Å². The topological polar surface area (TPSA) is 57.7 Å². The lowest BCUT2D eigenvalue weighted by Crippen LogP contribution is -2.35. The second-order valence-corrected chi connectivity index (χ2v) is 4.79. The molecule has 5 heteroatoms. The predicted molar refractivity (Wildman–Crippen MR) is 69.5 cm³/mol. The zero-order chi connectivity index (χ0) is 12.4. The van der Waals surface area contributed by atoms with Crippen molar-refractivity contribution in [1.82, 2.24) is 20.2 Å². The first-order valence-electron chi connectivity index (χ1n) is 6.37. The molecule has 3 heterocycles. The molecule has 94 valence electrons. The fourth-order valence-electron chi connectivity index (χ4n) is 2.47. The van der Waals surface area contributed by atoms with Crippen molar-refractivity contribution in [2.24, 2.45) is 0 Å². The highest BCUT2D eigenvalue weighted by atomic mass is 15.3. The summed E-state index contributed by atoms with van der Waals surface area (Å²) in [7, 11) is 0. The highest BCUT2D eigenvalue weighted by Crippen LogP contribution is 2.26. The summed E-state index contributed by atoms with van der Waals surface area (Å²) in [5.74, 6) is 2.52. The Balaban J connectivity index is 1.76. The molecule has 0 aliphatic carbocycles. The zero-order valence-electron chi connectivity index (χ0n) is 10.5. The molecule has 1 N–H and O–H groups in total. The Labute approximate surface area is 106 Å². The van der Waals surface area contributed by atoms with Gasteiger partial charge in [-0.3, -0.25) is 0 Å². The molecular formula is C13H17N5. The van der Waals surface area contributed by atoms with E-state index >= 15 is 0 Å². The number of aryl methyl sites for hydroxylation is 1. The zero-order valence-corrected chi connectivity index (χ0v) is 10.5. The minimum Gasteiger partial charge on any atom is -0.354 e. The first-order valence-corrected chi connectivity index (χ1v) is 6.37. The maximum absolute atomic E-state index is 4.36. The normalized spacial score (nSPS) is 20.1. The number of nitrogens with zero attached hydrogens (tertiary/aromatic N) is 4. The van der Waals surface area contributed by atoms with Crippen LogP contribution in [0.3, 0.4) is 0 Å². The summed E-state index contributed by atoms with van der Waals surface area (Å²) in [6, 6.07) is 4.06. The van der Waals surface area contributed by atoms with Crippen LogP contribution in [0.15, 0.2) is 24.5 Å². The third kappa shape index (κ3) is 2.20. The van der Waals surface area contributed by atoms with Gasteiger partial charge in [0.15, 0.2) is 5.82 Å². The van der Waals surface area contributed by atoms with Gasteiger partial charge in [0.25, 0.3) is 0 Å². The Hall–Kier alpha value is -1.91. The molecule has 1 aliphatic heterocycles. The number of hydrogen-bond donors (Lipinski definition) is 1. The van der Waals surface area contributed by atoms with Gasteiger partial charge in [0.2, 0.25) is 0 Å². The van der Waals surface area contributed by atoms with Crippen molar-refractivity contribution >= 4 is 5.82 Å². The van der Waals surface area contributed by atoms with Crippen molar-refractivity contribution in [2.75, 3.05) is 18.0 Å². The molecule has 0 saturated carbocycles. The highest BCUT2D eigenvalue weighted by molar-refractivity contribution is 5.38. The molecule has 5 nitrogen and oxygen atoms in total. The molecule has 0 bridgehead atoms. The number of aromatic amines is 1. The van der Waals surface area contributed by atoms with Gasteiger partial charge in [-0.2, -0.15) is 5.10 Å². The average molecular weight is 243 g/mol. The van der Waals surface area contributed by atoms with E-state index in [-0.39, 0.29) is 0 Å². The molecule has 1 unspecified atom stereocenters. The lowest BCUT2D eigenvalue weighted by Gasteiger charge is -2.32. The molecule has 0 amide bonds. The maximum Gasteiger partial charge on any atom is 0.151 e. The number of piperidine rings is 1. The number of H-pyrrole nitrogens is 1. The number of nitrogens with one attached hydrogen (secondary N) is 1. The van der Waals surface area contributed by atoms with E-state index in [2.05, 4.69) is 25.1 Å². The van der Waals surface area contributed by atoms with Gasteiger partial charge >= 0.3 is 0 Å². The minimum atomic E-state index is 0.469. The average Bonchev–Trinajstić information content (AvgIpc) is 2.94. The second-order valence-electron chi connectivity index (χ2n) is 4.79. The van der Waals surface area contributed by atoms with Crippen LogP contribution in [0.4, 0.5) is 5.82 Å². The van der Waals surface area contributed by atoms with E-state index in [9.17, 15) is 0 Å². The van der Waals surface area contributed by atoms with Crippen molar-refractivity contribution in [1.29, 1.82) is 0 Å². The number of rotatable bonds is 2. The smallest absolute Gasteiger partial charge is 0.151 e. The van der Waals surface area contributed by atoms with E-state index in [0.29, 0.717) is 5.92 Å². The van der Waals surface area contributed by atoms with E-state index in [0.717, 1.165) is 30.4 Å². The third-order valence-corrected chi connectivity index (χ3v) is 3.44. The van der Waals surface area contributed by atoms with Crippen LogP contribution < -0.4 is 4.90 Å². The molecular weight excluding hydrogens is 226 g/mol. The Morgan fingerprint density at radius 2 is 2.28 bits per heavy atom. The lowest BCUT2D eigenvalue weighted by molar-refractivity contribution is 0.490. The van der Waals surface area contributed by atoms with Gasteiger partial charge < -0.3 is 9.88 Å². The van der Waals surface area contributed by atoms with Gasteiger partial charge in [0.05, 0.1) is 5.69 Å². The van der Waals surface area contributed by atoms with E-state index in [1.165, 1.54) is 12.8 Å². The van der Waals surface area contributed by atoms with E-state index in [1.54, 1.807) is 0 Å². The first-order chi connectivity index (χ1) is 8.83. The largest absolute Gasteiger partial charge is 0.354 e. The highest BCUT2D eigenvalue weighted by Gasteiger charge is 2.23. The van der Waals surface area contributed by atoms with Crippen LogP contribution >= 0.6 is 0 Å². The standard InChI is InChI=1S/C13H17N5/c1-10-4-5-12(17-16-10)18-8-2-3-11(9-18)13-14-6-7-15-13/h4-7,11H,2-3,8-9H2,1H3,(H,14,15). The van der Waals surface area contributed by atoms with Crippen molar-refractivity contribution < 1.29 is 0 Å². The molecule has 1 fully saturated rings. The van der Waals surface area contributed by atoms with Gasteiger partial charge in [-0.05, 0) is 31.9 Å². The van der Waals surface area contributed by atoms with Crippen LogP contribution in [0.1, 0.15) is 30.3 Å². The molecule has 1 aliphatic rings. The number of anilines is 1. The summed E-state index contributed by atoms with van der Waals surface area (Å²) in [6.45, 7) is 3.97. The monoisotopic (exact) mass is 243 g/mol. The molecule has 3 rings (SSSR count). The van der Waals surface area contributed by atoms with Crippen LogP contribution in [-0.4, -0.2) is 33.3 Å². The molecule has 0 aromatic carbocycles. The van der Waals surface area contributed by atoms with Crippen LogP contribution in [0.25, 0.3) is 0 Å². The third-order valence-electron chi connectivity index (χ3n) is 3.44. The van der Waals surface area contributed by atoms with Crippen molar-refractivity contribution in [2.45, 2.75) is 25.7 Å². The van der Waals surface area contributed by atoms with Crippen LogP contribution in [0, 0.1) is 6.92 Å². The van der Waals surface area contributed by atoms with Crippen molar-refractivity contribution in [3.63, 3.8) is 0 Å². The Bertz CT molecular complexity index is 491.